The molecular formula is C53H41Cl3F9N3O6. The van der Waals surface area contributed by atoms with Crippen LogP contribution in [-0.2, 0) is 24.2 Å². The third kappa shape index (κ3) is 16.4. The number of aryl methyl sites for hydroxylation is 2. The number of rotatable bonds is 10. The zero-order chi connectivity index (χ0) is 54.1. The molecule has 6 aromatic carbocycles. The van der Waals surface area contributed by atoms with Gasteiger partial charge in [0, 0.05) is 59.5 Å². The second-order valence-corrected chi connectivity index (χ2v) is 17.6. The monoisotopic (exact) mass is 1090 g/mol. The van der Waals surface area contributed by atoms with Gasteiger partial charge in [0.15, 0.2) is 0 Å². The number of hydrogen-bond acceptors (Lipinski definition) is 5. The Morgan fingerprint density at radius 3 is 1.61 bits per heavy atom. The number of aldehydes is 1. The van der Waals surface area contributed by atoms with Crippen molar-refractivity contribution in [3.8, 4) is 17.2 Å². The molecular weight excluding hydrogens is 1050 g/mol. The van der Waals surface area contributed by atoms with Gasteiger partial charge in [-0.1, -0.05) is 89.4 Å². The van der Waals surface area contributed by atoms with Crippen molar-refractivity contribution in [2.75, 3.05) is 0 Å². The minimum Gasteiger partial charge on any atom is -0.480 e. The van der Waals surface area contributed by atoms with E-state index in [1.165, 1.54) is 53.5 Å². The van der Waals surface area contributed by atoms with Gasteiger partial charge in [-0.3, -0.25) is 9.59 Å². The van der Waals surface area contributed by atoms with Crippen molar-refractivity contribution in [1.82, 2.24) is 14.5 Å². The van der Waals surface area contributed by atoms with E-state index in [1.807, 2.05) is 44.2 Å². The Labute approximate surface area is 430 Å². The van der Waals surface area contributed by atoms with Gasteiger partial charge < -0.3 is 33.9 Å². The molecule has 0 aliphatic heterocycles. The van der Waals surface area contributed by atoms with Gasteiger partial charge >= 0.3 is 25.1 Å². The first-order valence-electron chi connectivity index (χ1n) is 21.7. The highest BCUT2D eigenvalue weighted by atomic mass is 35.5. The number of fused-ring (bicyclic) bond motifs is 3. The second kappa shape index (κ2) is 23.7. The summed E-state index contributed by atoms with van der Waals surface area (Å²) >= 11 is 17.8. The van der Waals surface area contributed by atoms with Crippen molar-refractivity contribution in [1.29, 1.82) is 0 Å². The maximum atomic E-state index is 12.4. The number of aromatic amines is 2. The van der Waals surface area contributed by atoms with E-state index in [1.54, 1.807) is 54.0 Å². The van der Waals surface area contributed by atoms with Gasteiger partial charge in [0.05, 0.1) is 5.52 Å². The Morgan fingerprint density at radius 1 is 0.581 bits per heavy atom. The van der Waals surface area contributed by atoms with E-state index in [-0.39, 0.29) is 23.6 Å². The first kappa shape index (κ1) is 56.0. The Hall–Kier alpha value is -7.28. The van der Waals surface area contributed by atoms with Gasteiger partial charge in [0.1, 0.15) is 30.1 Å². The average molecular weight is 1090 g/mol. The Bertz CT molecular complexity index is 3420. The number of nitrogens with zero attached hydrogens (tertiary/aromatic N) is 1. The summed E-state index contributed by atoms with van der Waals surface area (Å²) in [5, 5.41) is 14.1. The Balaban J connectivity index is 0.000000171. The minimum absolute atomic E-state index is 0.141. The van der Waals surface area contributed by atoms with Gasteiger partial charge in [-0.25, -0.2) is 0 Å². The number of alkyl halides is 9. The van der Waals surface area contributed by atoms with E-state index in [0.29, 0.717) is 40.3 Å². The molecule has 9 aromatic rings. The summed E-state index contributed by atoms with van der Waals surface area (Å²) in [5.74, 6) is -1.90. The third-order valence-electron chi connectivity index (χ3n) is 10.8. The number of H-pyrrole nitrogens is 2. The van der Waals surface area contributed by atoms with Crippen molar-refractivity contribution in [3.05, 3.63) is 193 Å². The molecule has 0 bridgehead atoms. The van der Waals surface area contributed by atoms with Crippen LogP contribution in [0.1, 0.15) is 49.7 Å². The predicted octanol–water partition coefficient (Wildman–Crippen LogP) is 16.3. The lowest BCUT2D eigenvalue weighted by Crippen LogP contribution is -2.17. The van der Waals surface area contributed by atoms with Gasteiger partial charge in [-0.15, -0.1) is 39.5 Å². The summed E-state index contributed by atoms with van der Waals surface area (Å²) in [6.07, 6.45) is -12.9. The van der Waals surface area contributed by atoms with Crippen molar-refractivity contribution in [2.45, 2.75) is 59.2 Å². The maximum absolute atomic E-state index is 12.4. The van der Waals surface area contributed by atoms with Crippen LogP contribution in [0.15, 0.2) is 133 Å². The SMILES string of the molecule is Cc1[nH]c2cc(Cl)ccc2c1Cc1cccc(OC(F)(F)F)c1.Cc1c(Cc2cccc(OC(F)(F)F)c2)c2ccc(Cl)cc2n1CC(=O)O.Cc1cc2ccc(Cl)cc2[nH]1.O=Cc1cccc(OC(F)(F)F)c1. The number of carboxylic acid groups (broad SMARTS) is 1. The lowest BCUT2D eigenvalue weighted by Gasteiger charge is -2.10. The smallest absolute Gasteiger partial charge is 0.480 e. The predicted molar refractivity (Wildman–Crippen MR) is 266 cm³/mol. The van der Waals surface area contributed by atoms with Crippen LogP contribution in [0.25, 0.3) is 32.7 Å². The van der Waals surface area contributed by atoms with Crippen molar-refractivity contribution < 1.29 is 68.4 Å². The van der Waals surface area contributed by atoms with Crippen molar-refractivity contribution in [3.63, 3.8) is 0 Å². The molecule has 3 aromatic heterocycles. The molecule has 0 unspecified atom stereocenters. The molecule has 0 saturated carbocycles. The number of aliphatic carboxylic acids is 1. The minimum atomic E-state index is -4.76. The number of aromatic nitrogens is 3. The standard InChI is InChI=1S/C19H15ClF3NO3.C17H13ClF3NO.C9H8ClN.C8H5F3O2/c1-11-16(8-12-3-2-4-14(7-12)27-19(21,22)23)15-6-5-13(20)9-17(15)24(11)10-18(25)26;1-10-15(14-6-5-12(18)9-16(14)22-10)8-11-3-2-4-13(7-11)23-17(19,20)21;1-6-4-7-2-3-8(10)5-9(7)11-6;9-8(10,11)13-7-3-1-2-6(4-7)5-12/h2-7,9H,8,10H2,1H3,(H,25,26);2-7,9,22H,8H2,1H3;2-5,11H,1H3;1-5H. The number of benzene rings is 6. The van der Waals surface area contributed by atoms with Crippen LogP contribution in [0.5, 0.6) is 17.2 Å². The van der Waals surface area contributed by atoms with Gasteiger partial charge in [-0.05, 0) is 140 Å². The summed E-state index contributed by atoms with van der Waals surface area (Å²) in [6.45, 7) is 5.51. The van der Waals surface area contributed by atoms with Crippen LogP contribution in [0.3, 0.4) is 0 Å². The molecule has 21 heteroatoms. The summed E-state index contributed by atoms with van der Waals surface area (Å²) in [4.78, 5) is 27.9. The molecule has 9 rings (SSSR count). The van der Waals surface area contributed by atoms with Crippen LogP contribution in [0, 0.1) is 20.8 Å². The molecule has 74 heavy (non-hydrogen) atoms. The van der Waals surface area contributed by atoms with E-state index < -0.39 is 30.8 Å². The fraction of sp³-hybridized carbons (Fsp3) is 0.170. The lowest BCUT2D eigenvalue weighted by molar-refractivity contribution is -0.275. The van der Waals surface area contributed by atoms with Crippen LogP contribution >= 0.6 is 34.8 Å². The highest BCUT2D eigenvalue weighted by Crippen LogP contribution is 2.33. The maximum Gasteiger partial charge on any atom is 0.573 e. The Morgan fingerprint density at radius 2 is 1.07 bits per heavy atom. The first-order chi connectivity index (χ1) is 34.7. The van der Waals surface area contributed by atoms with Gasteiger partial charge in [-0.2, -0.15) is 0 Å². The van der Waals surface area contributed by atoms with E-state index >= 15 is 0 Å². The normalized spacial score (nSPS) is 11.5. The number of nitrogens with one attached hydrogen (secondary N) is 2. The fourth-order valence-corrected chi connectivity index (χ4v) is 8.33. The summed E-state index contributed by atoms with van der Waals surface area (Å²) in [7, 11) is 0. The Kier molecular flexibility index (Phi) is 18.0. The number of carbonyl (C=O) groups excluding carboxylic acids is 1. The van der Waals surface area contributed by atoms with Crippen LogP contribution in [0.2, 0.25) is 15.1 Å². The highest BCUT2D eigenvalue weighted by Gasteiger charge is 2.33. The largest absolute Gasteiger partial charge is 0.573 e. The van der Waals surface area contributed by atoms with Gasteiger partial charge in [0.25, 0.3) is 0 Å². The van der Waals surface area contributed by atoms with Gasteiger partial charge in [0.2, 0.25) is 0 Å². The number of carbonyl (C=O) groups is 2. The lowest BCUT2D eigenvalue weighted by atomic mass is 10.0. The molecule has 0 fully saturated rings. The topological polar surface area (TPSA) is 119 Å². The van der Waals surface area contributed by atoms with E-state index in [0.717, 1.165) is 67.0 Å². The molecule has 0 aliphatic rings. The molecule has 0 aliphatic carbocycles. The molecule has 3 N–H and O–H groups in total. The molecule has 9 nitrogen and oxygen atoms in total. The summed E-state index contributed by atoms with van der Waals surface area (Å²) in [6, 6.07) is 35.2. The number of halogens is 12. The fourth-order valence-electron chi connectivity index (χ4n) is 7.82. The van der Waals surface area contributed by atoms with E-state index in [4.69, 9.17) is 34.8 Å². The molecule has 3 heterocycles. The summed E-state index contributed by atoms with van der Waals surface area (Å²) < 4.78 is 122. The quantitative estimate of drug-likeness (QED) is 0.0927. The molecule has 0 saturated heterocycles. The zero-order valence-corrected chi connectivity index (χ0v) is 41.1. The number of carboxylic acids is 1. The molecule has 0 radical (unpaired) electrons. The van der Waals surface area contributed by atoms with Crippen LogP contribution < -0.4 is 14.2 Å². The van der Waals surface area contributed by atoms with E-state index in [9.17, 15) is 54.2 Å². The van der Waals surface area contributed by atoms with Crippen molar-refractivity contribution >= 4 is 79.8 Å². The molecule has 388 valence electrons. The zero-order valence-electron chi connectivity index (χ0n) is 38.9. The van der Waals surface area contributed by atoms with E-state index in [2.05, 4.69) is 30.2 Å². The average Bonchev–Trinajstić information content (AvgIpc) is 3.90. The second-order valence-electron chi connectivity index (χ2n) is 16.3. The molecule has 0 spiro atoms. The summed E-state index contributed by atoms with van der Waals surface area (Å²) in [5.41, 5.74) is 8.89. The number of hydrogen-bond donors (Lipinski definition) is 3. The first-order valence-corrected chi connectivity index (χ1v) is 22.9. The van der Waals surface area contributed by atoms with Crippen molar-refractivity contribution in [2.24, 2.45) is 0 Å². The molecule has 0 amide bonds. The highest BCUT2D eigenvalue weighted by molar-refractivity contribution is 6.32. The third-order valence-corrected chi connectivity index (χ3v) is 11.5. The molecule has 0 atom stereocenters. The van der Waals surface area contributed by atoms with Crippen LogP contribution in [0.4, 0.5) is 39.5 Å². The number of ether oxygens (including phenoxy) is 3. The van der Waals surface area contributed by atoms with Crippen LogP contribution in [-0.4, -0.2) is 51.0 Å².